The van der Waals surface area contributed by atoms with E-state index in [0.717, 1.165) is 0 Å². The maximum Gasteiger partial charge on any atom is 0.305 e. The second-order valence-electron chi connectivity index (χ2n) is 4.87. The van der Waals surface area contributed by atoms with E-state index in [1.165, 1.54) is 32.7 Å². The largest absolute Gasteiger partial charge is 0.493 e. The van der Waals surface area contributed by atoms with Crippen LogP contribution in [-0.2, 0) is 4.79 Å². The number of amides is 1. The summed E-state index contributed by atoms with van der Waals surface area (Å²) < 4.78 is 10.4. The summed E-state index contributed by atoms with van der Waals surface area (Å²) in [5, 5.41) is 19.0. The number of nitrogens with zero attached hydrogens (tertiary/aromatic N) is 2. The summed E-state index contributed by atoms with van der Waals surface area (Å²) >= 11 is 0. The van der Waals surface area contributed by atoms with Gasteiger partial charge in [0.05, 0.1) is 44.6 Å². The van der Waals surface area contributed by atoms with E-state index in [9.17, 15) is 9.59 Å². The van der Waals surface area contributed by atoms with E-state index in [-0.39, 0.29) is 6.42 Å². The van der Waals surface area contributed by atoms with Gasteiger partial charge in [-0.2, -0.15) is 10.2 Å². The fourth-order valence-electron chi connectivity index (χ4n) is 2.16. The maximum atomic E-state index is 12.3. The van der Waals surface area contributed by atoms with Crippen molar-refractivity contribution in [2.45, 2.75) is 12.5 Å². The van der Waals surface area contributed by atoms with Crippen molar-refractivity contribution in [2.75, 3.05) is 14.2 Å². The van der Waals surface area contributed by atoms with Crippen LogP contribution in [0.25, 0.3) is 0 Å². The number of rotatable bonds is 7. The highest BCUT2D eigenvalue weighted by atomic mass is 16.5. The summed E-state index contributed by atoms with van der Waals surface area (Å²) in [5.41, 5.74) is 0.881. The Morgan fingerprint density at radius 3 is 2.50 bits per heavy atom. The number of carbonyl (C=O) groups is 2. The first-order valence-electron chi connectivity index (χ1n) is 7.06. The zero-order valence-corrected chi connectivity index (χ0v) is 13.2. The summed E-state index contributed by atoms with van der Waals surface area (Å²) in [6, 6.07) is 5.73. The summed E-state index contributed by atoms with van der Waals surface area (Å²) in [4.78, 5) is 23.4. The number of benzene rings is 1. The molecule has 0 spiro atoms. The zero-order chi connectivity index (χ0) is 17.5. The molecule has 1 aromatic heterocycles. The zero-order valence-electron chi connectivity index (χ0n) is 13.2. The summed E-state index contributed by atoms with van der Waals surface area (Å²) in [6.07, 6.45) is 2.42. The normalized spacial score (nSPS) is 11.4. The first-order valence-corrected chi connectivity index (χ1v) is 7.06. The molecule has 0 fully saturated rings. The number of carboxylic acids is 1. The molecule has 0 aliphatic heterocycles. The molecule has 0 aliphatic rings. The highest BCUT2D eigenvalue weighted by Crippen LogP contribution is 2.31. The third kappa shape index (κ3) is 4.19. The number of hydrogen-bond donors (Lipinski definition) is 2. The minimum Gasteiger partial charge on any atom is -0.493 e. The van der Waals surface area contributed by atoms with Crippen molar-refractivity contribution in [2.24, 2.45) is 0 Å². The molecule has 24 heavy (non-hydrogen) atoms. The van der Waals surface area contributed by atoms with Gasteiger partial charge in [-0.1, -0.05) is 6.07 Å². The molecule has 8 nitrogen and oxygen atoms in total. The van der Waals surface area contributed by atoms with Crippen molar-refractivity contribution in [3.05, 3.63) is 47.8 Å². The quantitative estimate of drug-likeness (QED) is 0.789. The van der Waals surface area contributed by atoms with Gasteiger partial charge in [0.25, 0.3) is 5.91 Å². The fourth-order valence-corrected chi connectivity index (χ4v) is 2.16. The van der Waals surface area contributed by atoms with Crippen LogP contribution in [0.4, 0.5) is 0 Å². The second-order valence-corrected chi connectivity index (χ2v) is 4.87. The van der Waals surface area contributed by atoms with Gasteiger partial charge in [0.2, 0.25) is 0 Å². The first-order chi connectivity index (χ1) is 11.5. The molecule has 0 bridgehead atoms. The number of hydrogen-bond acceptors (Lipinski definition) is 6. The van der Waals surface area contributed by atoms with Crippen LogP contribution < -0.4 is 14.8 Å². The number of nitrogens with one attached hydrogen (secondary N) is 1. The maximum absolute atomic E-state index is 12.3. The smallest absolute Gasteiger partial charge is 0.305 e. The van der Waals surface area contributed by atoms with E-state index in [0.29, 0.717) is 22.6 Å². The molecule has 2 rings (SSSR count). The van der Waals surface area contributed by atoms with Crippen LogP contribution in [0, 0.1) is 0 Å². The number of carboxylic acid groups (broad SMARTS) is 1. The number of aliphatic carboxylic acids is 1. The predicted molar refractivity (Wildman–Crippen MR) is 84.0 cm³/mol. The molecular weight excluding hydrogens is 314 g/mol. The van der Waals surface area contributed by atoms with E-state index < -0.39 is 17.9 Å². The van der Waals surface area contributed by atoms with Gasteiger partial charge in [0, 0.05) is 0 Å². The molecule has 8 heteroatoms. The third-order valence-corrected chi connectivity index (χ3v) is 3.34. The molecule has 0 saturated heterocycles. The predicted octanol–water partition coefficient (Wildman–Crippen LogP) is 1.44. The molecule has 0 saturated carbocycles. The Bertz CT molecular complexity index is 721. The SMILES string of the molecule is COc1ccc(C(CC(=O)O)NC(=O)c2ccnnc2)cc1OC. The van der Waals surface area contributed by atoms with E-state index >= 15 is 0 Å². The lowest BCUT2D eigenvalue weighted by Gasteiger charge is -2.19. The van der Waals surface area contributed by atoms with Crippen LogP contribution in [0.5, 0.6) is 11.5 Å². The van der Waals surface area contributed by atoms with Crippen LogP contribution in [0.1, 0.15) is 28.4 Å². The monoisotopic (exact) mass is 331 g/mol. The van der Waals surface area contributed by atoms with Crippen molar-refractivity contribution in [3.8, 4) is 11.5 Å². The van der Waals surface area contributed by atoms with Gasteiger partial charge in [-0.3, -0.25) is 9.59 Å². The molecule has 1 amide bonds. The number of carbonyl (C=O) groups excluding carboxylic acids is 1. The van der Waals surface area contributed by atoms with Crippen molar-refractivity contribution in [3.63, 3.8) is 0 Å². The Labute approximate surface area is 138 Å². The van der Waals surface area contributed by atoms with Crippen molar-refractivity contribution < 1.29 is 24.2 Å². The molecule has 1 heterocycles. The fraction of sp³-hybridized carbons (Fsp3) is 0.250. The van der Waals surface area contributed by atoms with Crippen LogP contribution in [0.15, 0.2) is 36.7 Å². The molecule has 1 aromatic carbocycles. The topological polar surface area (TPSA) is 111 Å². The van der Waals surface area contributed by atoms with E-state index in [1.54, 1.807) is 18.2 Å². The van der Waals surface area contributed by atoms with E-state index in [1.807, 2.05) is 0 Å². The van der Waals surface area contributed by atoms with Gasteiger partial charge in [0.1, 0.15) is 0 Å². The second kappa shape index (κ2) is 7.91. The number of methoxy groups -OCH3 is 2. The molecule has 126 valence electrons. The van der Waals surface area contributed by atoms with Crippen molar-refractivity contribution in [1.29, 1.82) is 0 Å². The van der Waals surface area contributed by atoms with Crippen molar-refractivity contribution in [1.82, 2.24) is 15.5 Å². The minimum atomic E-state index is -1.04. The Kier molecular flexibility index (Phi) is 5.67. The van der Waals surface area contributed by atoms with Gasteiger partial charge in [-0.05, 0) is 23.8 Å². The average Bonchev–Trinajstić information content (AvgIpc) is 2.60. The highest BCUT2D eigenvalue weighted by Gasteiger charge is 2.20. The van der Waals surface area contributed by atoms with Gasteiger partial charge >= 0.3 is 5.97 Å². The first kappa shape index (κ1) is 17.2. The molecule has 2 aromatic rings. The lowest BCUT2D eigenvalue weighted by Crippen LogP contribution is -2.30. The molecule has 0 radical (unpaired) electrons. The van der Waals surface area contributed by atoms with Gasteiger partial charge in [-0.25, -0.2) is 0 Å². The average molecular weight is 331 g/mol. The minimum absolute atomic E-state index is 0.278. The Morgan fingerprint density at radius 2 is 1.92 bits per heavy atom. The van der Waals surface area contributed by atoms with Crippen molar-refractivity contribution >= 4 is 11.9 Å². The molecule has 2 N–H and O–H groups in total. The van der Waals surface area contributed by atoms with Gasteiger partial charge in [0.15, 0.2) is 11.5 Å². The van der Waals surface area contributed by atoms with Gasteiger partial charge in [-0.15, -0.1) is 0 Å². The van der Waals surface area contributed by atoms with Crippen LogP contribution in [-0.4, -0.2) is 41.4 Å². The Balaban J connectivity index is 2.28. The standard InChI is InChI=1S/C16H17N3O5/c1-23-13-4-3-10(7-14(13)24-2)12(8-15(20)21)19-16(22)11-5-6-17-18-9-11/h3-7,9,12H,8H2,1-2H3,(H,19,22)(H,20,21). The van der Waals surface area contributed by atoms with Gasteiger partial charge < -0.3 is 19.9 Å². The summed E-state index contributed by atoms with van der Waals surface area (Å²) in [6.45, 7) is 0. The molecular formula is C16H17N3O5. The molecule has 1 unspecified atom stereocenters. The molecule has 1 atom stereocenters. The molecule has 0 aliphatic carbocycles. The van der Waals surface area contributed by atoms with E-state index in [2.05, 4.69) is 15.5 Å². The van der Waals surface area contributed by atoms with Crippen LogP contribution in [0.3, 0.4) is 0 Å². The van der Waals surface area contributed by atoms with E-state index in [4.69, 9.17) is 14.6 Å². The van der Waals surface area contributed by atoms with Crippen LogP contribution in [0.2, 0.25) is 0 Å². The lowest BCUT2D eigenvalue weighted by molar-refractivity contribution is -0.137. The lowest BCUT2D eigenvalue weighted by atomic mass is 10.0. The number of aromatic nitrogens is 2. The summed E-state index contributed by atoms with van der Waals surface area (Å²) in [7, 11) is 2.99. The third-order valence-electron chi connectivity index (χ3n) is 3.34. The highest BCUT2D eigenvalue weighted by molar-refractivity contribution is 5.94. The Morgan fingerprint density at radius 1 is 1.17 bits per heavy atom. The van der Waals surface area contributed by atoms with Crippen LogP contribution >= 0.6 is 0 Å². The Hall–Kier alpha value is -3.16. The summed E-state index contributed by atoms with van der Waals surface area (Å²) in [5.74, 6) is -0.515. The number of ether oxygens (including phenoxy) is 2.